The molecule has 176 valence electrons. The summed E-state index contributed by atoms with van der Waals surface area (Å²) in [5.41, 5.74) is 0. The summed E-state index contributed by atoms with van der Waals surface area (Å²) in [5.74, 6) is -0.00571. The van der Waals surface area contributed by atoms with Crippen LogP contribution < -0.4 is 0 Å². The lowest BCUT2D eigenvalue weighted by atomic mass is 10.1. The van der Waals surface area contributed by atoms with Crippen LogP contribution in [-0.2, 0) is 9.53 Å². The Morgan fingerprint density at radius 1 is 0.633 bits per heavy atom. The number of esters is 1. The van der Waals surface area contributed by atoms with E-state index in [2.05, 4.69) is 25.7 Å². The number of allylic oxidation sites excluding steroid dienone is 3. The van der Waals surface area contributed by atoms with Gasteiger partial charge in [0, 0.05) is 6.42 Å². The lowest BCUT2D eigenvalue weighted by Crippen LogP contribution is -2.05. The van der Waals surface area contributed by atoms with Crippen molar-refractivity contribution in [2.75, 3.05) is 6.61 Å². The van der Waals surface area contributed by atoms with E-state index in [1.54, 1.807) is 0 Å². The average molecular weight is 421 g/mol. The standard InChI is InChI=1S/C28H52O2/c1-3-5-7-9-11-12-13-14-15-16-17-18-19-21-23-25-27-30-28(29)26-24-22-20-10-8-6-4-2/h4,14-15H,2-3,5-13,16-27H2,1H3/b15-14+. The minimum Gasteiger partial charge on any atom is -0.466 e. The summed E-state index contributed by atoms with van der Waals surface area (Å²) in [6.07, 6.45) is 32.5. The van der Waals surface area contributed by atoms with Crippen molar-refractivity contribution >= 4 is 5.97 Å². The van der Waals surface area contributed by atoms with Crippen molar-refractivity contribution < 1.29 is 9.53 Å². The van der Waals surface area contributed by atoms with Crippen molar-refractivity contribution in [1.82, 2.24) is 0 Å². The van der Waals surface area contributed by atoms with Gasteiger partial charge in [-0.05, 0) is 51.4 Å². The average Bonchev–Trinajstić information content (AvgIpc) is 2.75. The molecule has 0 heterocycles. The van der Waals surface area contributed by atoms with Gasteiger partial charge in [-0.1, -0.05) is 102 Å². The molecule has 0 saturated heterocycles. The van der Waals surface area contributed by atoms with Gasteiger partial charge < -0.3 is 4.74 Å². The molecule has 0 aromatic carbocycles. The van der Waals surface area contributed by atoms with Gasteiger partial charge in [0.2, 0.25) is 0 Å². The molecular weight excluding hydrogens is 368 g/mol. The Bertz CT molecular complexity index is 386. The van der Waals surface area contributed by atoms with Crippen molar-refractivity contribution in [3.05, 3.63) is 24.8 Å². The normalized spacial score (nSPS) is 11.2. The fraction of sp³-hybridized carbons (Fsp3) is 0.821. The third-order valence-electron chi connectivity index (χ3n) is 5.71. The van der Waals surface area contributed by atoms with Crippen LogP contribution in [0.5, 0.6) is 0 Å². The van der Waals surface area contributed by atoms with Crippen LogP contribution in [-0.4, -0.2) is 12.6 Å². The minimum absolute atomic E-state index is 0.00571. The summed E-state index contributed by atoms with van der Waals surface area (Å²) in [5, 5.41) is 0. The van der Waals surface area contributed by atoms with Crippen LogP contribution in [0.15, 0.2) is 24.8 Å². The number of unbranched alkanes of at least 4 members (excludes halogenated alkanes) is 17. The number of ether oxygens (including phenoxy) is 1. The van der Waals surface area contributed by atoms with Gasteiger partial charge >= 0.3 is 5.97 Å². The highest BCUT2D eigenvalue weighted by atomic mass is 16.5. The first-order valence-electron chi connectivity index (χ1n) is 13.2. The third-order valence-corrected chi connectivity index (χ3v) is 5.71. The van der Waals surface area contributed by atoms with Gasteiger partial charge in [0.1, 0.15) is 0 Å². The second-order valence-corrected chi connectivity index (χ2v) is 8.75. The van der Waals surface area contributed by atoms with Gasteiger partial charge in [-0.15, -0.1) is 6.58 Å². The quantitative estimate of drug-likeness (QED) is 0.0882. The Hall–Kier alpha value is -1.05. The van der Waals surface area contributed by atoms with Crippen LogP contribution in [0, 0.1) is 0 Å². The maximum atomic E-state index is 11.7. The van der Waals surface area contributed by atoms with Crippen LogP contribution in [0.2, 0.25) is 0 Å². The van der Waals surface area contributed by atoms with Gasteiger partial charge in [-0.3, -0.25) is 4.79 Å². The van der Waals surface area contributed by atoms with Gasteiger partial charge in [0.15, 0.2) is 0 Å². The molecule has 0 N–H and O–H groups in total. The molecule has 0 aliphatic rings. The van der Waals surface area contributed by atoms with Crippen molar-refractivity contribution in [2.45, 2.75) is 142 Å². The zero-order chi connectivity index (χ0) is 22.0. The monoisotopic (exact) mass is 420 g/mol. The summed E-state index contributed by atoms with van der Waals surface area (Å²) in [7, 11) is 0. The second kappa shape index (κ2) is 26.0. The van der Waals surface area contributed by atoms with Crippen LogP contribution >= 0.6 is 0 Å². The molecule has 0 radical (unpaired) electrons. The molecule has 0 aromatic heterocycles. The summed E-state index contributed by atoms with van der Waals surface area (Å²) in [6.45, 7) is 6.62. The Balaban J connectivity index is 3.18. The van der Waals surface area contributed by atoms with E-state index in [4.69, 9.17) is 4.74 Å². The molecule has 0 rings (SSSR count). The maximum Gasteiger partial charge on any atom is 0.305 e. The molecule has 0 aromatic rings. The molecule has 0 amide bonds. The first-order valence-corrected chi connectivity index (χ1v) is 13.2. The maximum absolute atomic E-state index is 11.7. The van der Waals surface area contributed by atoms with Crippen molar-refractivity contribution in [1.29, 1.82) is 0 Å². The number of carbonyl (C=O) groups excluding carboxylic acids is 1. The highest BCUT2D eigenvalue weighted by Crippen LogP contribution is 2.11. The van der Waals surface area contributed by atoms with E-state index in [1.165, 1.54) is 103 Å². The molecule has 0 fully saturated rings. The summed E-state index contributed by atoms with van der Waals surface area (Å²) in [4.78, 5) is 11.7. The molecule has 0 aliphatic heterocycles. The van der Waals surface area contributed by atoms with E-state index in [-0.39, 0.29) is 5.97 Å². The summed E-state index contributed by atoms with van der Waals surface area (Å²) in [6, 6.07) is 0. The molecule has 2 heteroatoms. The van der Waals surface area contributed by atoms with Crippen LogP contribution in [0.3, 0.4) is 0 Å². The van der Waals surface area contributed by atoms with Gasteiger partial charge in [0.25, 0.3) is 0 Å². The van der Waals surface area contributed by atoms with E-state index < -0.39 is 0 Å². The predicted octanol–water partition coefficient (Wildman–Crippen LogP) is 9.48. The lowest BCUT2D eigenvalue weighted by Gasteiger charge is -2.05. The molecule has 0 saturated carbocycles. The van der Waals surface area contributed by atoms with E-state index in [0.29, 0.717) is 13.0 Å². The molecule has 0 atom stereocenters. The van der Waals surface area contributed by atoms with Gasteiger partial charge in [-0.25, -0.2) is 0 Å². The minimum atomic E-state index is -0.00571. The fourth-order valence-corrected chi connectivity index (χ4v) is 3.70. The molecule has 0 unspecified atom stereocenters. The molecule has 0 aliphatic carbocycles. The number of hydrogen-bond donors (Lipinski definition) is 0. The van der Waals surface area contributed by atoms with Crippen molar-refractivity contribution in [3.8, 4) is 0 Å². The van der Waals surface area contributed by atoms with Crippen LogP contribution in [0.1, 0.15) is 142 Å². The Kier molecular flexibility index (Phi) is 25.1. The van der Waals surface area contributed by atoms with E-state index in [9.17, 15) is 4.79 Å². The smallest absolute Gasteiger partial charge is 0.305 e. The first kappa shape index (κ1) is 28.9. The van der Waals surface area contributed by atoms with E-state index in [0.717, 1.165) is 25.7 Å². The lowest BCUT2D eigenvalue weighted by molar-refractivity contribution is -0.143. The third kappa shape index (κ3) is 25.0. The highest BCUT2D eigenvalue weighted by Gasteiger charge is 2.02. The van der Waals surface area contributed by atoms with E-state index >= 15 is 0 Å². The Morgan fingerprint density at radius 3 is 1.67 bits per heavy atom. The number of hydrogen-bond acceptors (Lipinski definition) is 2. The highest BCUT2D eigenvalue weighted by molar-refractivity contribution is 5.69. The second-order valence-electron chi connectivity index (χ2n) is 8.75. The van der Waals surface area contributed by atoms with Crippen LogP contribution in [0.25, 0.3) is 0 Å². The fourth-order valence-electron chi connectivity index (χ4n) is 3.70. The Labute approximate surface area is 188 Å². The zero-order valence-corrected chi connectivity index (χ0v) is 20.3. The summed E-state index contributed by atoms with van der Waals surface area (Å²) >= 11 is 0. The first-order chi connectivity index (χ1) is 14.8. The summed E-state index contributed by atoms with van der Waals surface area (Å²) < 4.78 is 5.34. The number of rotatable bonds is 24. The number of carbonyl (C=O) groups is 1. The largest absolute Gasteiger partial charge is 0.466 e. The SMILES string of the molecule is C=CCCCCCCCC(=O)OCCCCCCCC/C=C/CCCCCCCC. The molecule has 0 bridgehead atoms. The Morgan fingerprint density at radius 2 is 1.10 bits per heavy atom. The molecule has 0 spiro atoms. The topological polar surface area (TPSA) is 26.3 Å². The van der Waals surface area contributed by atoms with Crippen molar-refractivity contribution in [2.24, 2.45) is 0 Å². The molecular formula is C28H52O2. The molecule has 2 nitrogen and oxygen atoms in total. The van der Waals surface area contributed by atoms with Crippen LogP contribution in [0.4, 0.5) is 0 Å². The molecule has 30 heavy (non-hydrogen) atoms. The van der Waals surface area contributed by atoms with E-state index in [1.807, 2.05) is 6.08 Å². The predicted molar refractivity (Wildman–Crippen MR) is 133 cm³/mol. The van der Waals surface area contributed by atoms with Gasteiger partial charge in [0.05, 0.1) is 6.61 Å². The zero-order valence-electron chi connectivity index (χ0n) is 20.3. The van der Waals surface area contributed by atoms with Gasteiger partial charge in [-0.2, -0.15) is 0 Å². The van der Waals surface area contributed by atoms with Crippen molar-refractivity contribution in [3.63, 3.8) is 0 Å².